The summed E-state index contributed by atoms with van der Waals surface area (Å²) in [5, 5.41) is 5.03. The van der Waals surface area contributed by atoms with Crippen LogP contribution < -0.4 is 5.32 Å². The summed E-state index contributed by atoms with van der Waals surface area (Å²) in [6.07, 6.45) is 0. The molecular formula is C17H15BrClNO. The standard InChI is InChI=1S/C17H15BrClNO/c1-11(12-6-2-4-8-15(12)18)20-10-14-13-7-3-5-9-16(13)21-17(14)19/h2-9,11,20H,10H2,1H3. The number of fused-ring (bicyclic) bond motifs is 1. The van der Waals surface area contributed by atoms with E-state index in [1.165, 1.54) is 5.56 Å². The van der Waals surface area contributed by atoms with E-state index in [1.54, 1.807) is 0 Å². The van der Waals surface area contributed by atoms with Gasteiger partial charge in [-0.1, -0.05) is 52.3 Å². The molecule has 1 aromatic heterocycles. The Morgan fingerprint density at radius 1 is 1.14 bits per heavy atom. The van der Waals surface area contributed by atoms with Crippen LogP contribution in [-0.2, 0) is 6.54 Å². The lowest BCUT2D eigenvalue weighted by atomic mass is 10.1. The van der Waals surface area contributed by atoms with E-state index in [1.807, 2.05) is 42.5 Å². The molecule has 0 aliphatic carbocycles. The lowest BCUT2D eigenvalue weighted by Crippen LogP contribution is -2.18. The van der Waals surface area contributed by atoms with Crippen LogP contribution >= 0.6 is 27.5 Å². The summed E-state index contributed by atoms with van der Waals surface area (Å²) < 4.78 is 6.68. The van der Waals surface area contributed by atoms with Crippen molar-refractivity contribution in [2.75, 3.05) is 0 Å². The van der Waals surface area contributed by atoms with Gasteiger partial charge in [-0.05, 0) is 36.2 Å². The van der Waals surface area contributed by atoms with Crippen LogP contribution in [0.15, 0.2) is 57.4 Å². The Bertz CT molecular complexity index is 768. The minimum absolute atomic E-state index is 0.213. The highest BCUT2D eigenvalue weighted by atomic mass is 79.9. The van der Waals surface area contributed by atoms with Gasteiger partial charge in [0, 0.05) is 28.0 Å². The highest BCUT2D eigenvalue weighted by Crippen LogP contribution is 2.30. The summed E-state index contributed by atoms with van der Waals surface area (Å²) in [4.78, 5) is 0. The molecule has 0 amide bonds. The van der Waals surface area contributed by atoms with Crippen molar-refractivity contribution >= 4 is 38.5 Å². The fraction of sp³-hybridized carbons (Fsp3) is 0.176. The van der Waals surface area contributed by atoms with Crippen LogP contribution in [-0.4, -0.2) is 0 Å². The summed E-state index contributed by atoms with van der Waals surface area (Å²) in [6.45, 7) is 2.80. The predicted octanol–water partition coefficient (Wildman–Crippen LogP) is 5.70. The van der Waals surface area contributed by atoms with Gasteiger partial charge in [-0.15, -0.1) is 0 Å². The summed E-state index contributed by atoms with van der Waals surface area (Å²) in [6, 6.07) is 16.3. The molecule has 108 valence electrons. The zero-order valence-electron chi connectivity index (χ0n) is 11.6. The van der Waals surface area contributed by atoms with Gasteiger partial charge < -0.3 is 9.73 Å². The summed E-state index contributed by atoms with van der Waals surface area (Å²) in [7, 11) is 0. The van der Waals surface area contributed by atoms with Crippen LogP contribution in [0.1, 0.15) is 24.1 Å². The van der Waals surface area contributed by atoms with E-state index in [2.05, 4.69) is 34.2 Å². The highest BCUT2D eigenvalue weighted by Gasteiger charge is 2.14. The third kappa shape index (κ3) is 3.00. The average Bonchev–Trinajstić information content (AvgIpc) is 2.81. The topological polar surface area (TPSA) is 25.2 Å². The molecule has 1 atom stereocenters. The fourth-order valence-corrected chi connectivity index (χ4v) is 3.30. The molecule has 0 saturated carbocycles. The maximum Gasteiger partial charge on any atom is 0.199 e. The second kappa shape index (κ2) is 6.22. The summed E-state index contributed by atoms with van der Waals surface area (Å²) in [5.74, 6) is 0. The van der Waals surface area contributed by atoms with Crippen molar-refractivity contribution in [3.8, 4) is 0 Å². The number of para-hydroxylation sites is 1. The Morgan fingerprint density at radius 2 is 1.86 bits per heavy atom. The van der Waals surface area contributed by atoms with Gasteiger partial charge in [0.2, 0.25) is 0 Å². The van der Waals surface area contributed by atoms with Crippen LogP contribution in [0.4, 0.5) is 0 Å². The molecule has 3 rings (SSSR count). The predicted molar refractivity (Wildman–Crippen MR) is 90.6 cm³/mol. The lowest BCUT2D eigenvalue weighted by molar-refractivity contribution is 0.562. The lowest BCUT2D eigenvalue weighted by Gasteiger charge is -2.15. The molecule has 2 aromatic carbocycles. The molecule has 2 nitrogen and oxygen atoms in total. The van der Waals surface area contributed by atoms with E-state index in [4.69, 9.17) is 16.0 Å². The van der Waals surface area contributed by atoms with Crippen molar-refractivity contribution < 1.29 is 4.42 Å². The molecule has 0 bridgehead atoms. The van der Waals surface area contributed by atoms with Gasteiger partial charge in [-0.2, -0.15) is 0 Å². The molecule has 1 N–H and O–H groups in total. The zero-order valence-corrected chi connectivity index (χ0v) is 13.9. The first kappa shape index (κ1) is 14.6. The van der Waals surface area contributed by atoms with E-state index in [-0.39, 0.29) is 6.04 Å². The molecule has 0 radical (unpaired) electrons. The molecule has 0 fully saturated rings. The van der Waals surface area contributed by atoms with Gasteiger partial charge in [0.1, 0.15) is 5.58 Å². The molecule has 1 heterocycles. The maximum absolute atomic E-state index is 6.21. The Hall–Kier alpha value is -1.29. The molecule has 1 unspecified atom stereocenters. The van der Waals surface area contributed by atoms with E-state index in [0.717, 1.165) is 21.0 Å². The Kier molecular flexibility index (Phi) is 4.34. The number of nitrogens with one attached hydrogen (secondary N) is 1. The largest absolute Gasteiger partial charge is 0.444 e. The van der Waals surface area contributed by atoms with Crippen molar-refractivity contribution in [1.29, 1.82) is 0 Å². The molecule has 3 aromatic rings. The highest BCUT2D eigenvalue weighted by molar-refractivity contribution is 9.10. The van der Waals surface area contributed by atoms with Crippen molar-refractivity contribution in [1.82, 2.24) is 5.32 Å². The first-order valence-electron chi connectivity index (χ1n) is 6.80. The number of benzene rings is 2. The Morgan fingerprint density at radius 3 is 2.67 bits per heavy atom. The van der Waals surface area contributed by atoms with Crippen LogP contribution in [0.25, 0.3) is 11.0 Å². The quantitative estimate of drug-likeness (QED) is 0.642. The van der Waals surface area contributed by atoms with Crippen LogP contribution in [0, 0.1) is 0 Å². The van der Waals surface area contributed by atoms with Crippen molar-refractivity contribution in [3.63, 3.8) is 0 Å². The smallest absolute Gasteiger partial charge is 0.199 e. The number of furan rings is 1. The van der Waals surface area contributed by atoms with Crippen molar-refractivity contribution in [3.05, 3.63) is 69.3 Å². The SMILES string of the molecule is CC(NCc1c(Cl)oc2ccccc12)c1ccccc1Br. The summed E-state index contributed by atoms with van der Waals surface area (Å²) >= 11 is 9.80. The van der Waals surface area contributed by atoms with Gasteiger partial charge in [-0.3, -0.25) is 0 Å². The molecule has 0 saturated heterocycles. The molecule has 21 heavy (non-hydrogen) atoms. The van der Waals surface area contributed by atoms with Crippen LogP contribution in [0.2, 0.25) is 5.22 Å². The van der Waals surface area contributed by atoms with E-state index < -0.39 is 0 Å². The normalized spacial score (nSPS) is 12.7. The Labute approximate surface area is 137 Å². The van der Waals surface area contributed by atoms with Crippen LogP contribution in [0.5, 0.6) is 0 Å². The van der Waals surface area contributed by atoms with Crippen LogP contribution in [0.3, 0.4) is 0 Å². The van der Waals surface area contributed by atoms with E-state index >= 15 is 0 Å². The minimum atomic E-state index is 0.213. The van der Waals surface area contributed by atoms with Gasteiger partial charge in [0.15, 0.2) is 5.22 Å². The Balaban J connectivity index is 1.81. The van der Waals surface area contributed by atoms with Gasteiger partial charge >= 0.3 is 0 Å². The first-order chi connectivity index (χ1) is 10.2. The molecule has 0 aliphatic rings. The second-order valence-corrected chi connectivity index (χ2v) is 6.17. The van der Waals surface area contributed by atoms with Crippen molar-refractivity contribution in [2.45, 2.75) is 19.5 Å². The van der Waals surface area contributed by atoms with Gasteiger partial charge in [0.05, 0.1) is 0 Å². The average molecular weight is 365 g/mol. The first-order valence-corrected chi connectivity index (χ1v) is 7.97. The van der Waals surface area contributed by atoms with Gasteiger partial charge in [-0.25, -0.2) is 0 Å². The molecule has 0 spiro atoms. The fourth-order valence-electron chi connectivity index (χ4n) is 2.43. The zero-order chi connectivity index (χ0) is 14.8. The number of halogens is 2. The molecule has 0 aliphatic heterocycles. The maximum atomic E-state index is 6.21. The number of hydrogen-bond acceptors (Lipinski definition) is 2. The minimum Gasteiger partial charge on any atom is -0.444 e. The second-order valence-electron chi connectivity index (χ2n) is 4.97. The third-order valence-electron chi connectivity index (χ3n) is 3.61. The molecule has 4 heteroatoms. The summed E-state index contributed by atoms with van der Waals surface area (Å²) in [5.41, 5.74) is 3.06. The van der Waals surface area contributed by atoms with Gasteiger partial charge in [0.25, 0.3) is 0 Å². The molecular weight excluding hydrogens is 350 g/mol. The number of hydrogen-bond donors (Lipinski definition) is 1. The van der Waals surface area contributed by atoms with E-state index in [9.17, 15) is 0 Å². The van der Waals surface area contributed by atoms with Crippen molar-refractivity contribution in [2.24, 2.45) is 0 Å². The monoisotopic (exact) mass is 363 g/mol. The third-order valence-corrected chi connectivity index (χ3v) is 4.63. The number of rotatable bonds is 4. The van der Waals surface area contributed by atoms with E-state index in [0.29, 0.717) is 11.8 Å².